The SMILES string of the molecule is COCC1CCCN(c2nnc(Cc3ccc(Cl)cc3)s2)C1. The monoisotopic (exact) mass is 337 g/mol. The molecule has 1 aliphatic rings. The highest BCUT2D eigenvalue weighted by Gasteiger charge is 2.22. The van der Waals surface area contributed by atoms with E-state index < -0.39 is 0 Å². The summed E-state index contributed by atoms with van der Waals surface area (Å²) in [7, 11) is 1.77. The second-order valence-electron chi connectivity index (χ2n) is 5.69. The first-order chi connectivity index (χ1) is 10.7. The molecule has 22 heavy (non-hydrogen) atoms. The quantitative estimate of drug-likeness (QED) is 0.834. The number of benzene rings is 1. The number of aromatic nitrogens is 2. The second-order valence-corrected chi connectivity index (χ2v) is 7.17. The fourth-order valence-corrected chi connectivity index (χ4v) is 3.87. The lowest BCUT2D eigenvalue weighted by Gasteiger charge is -2.31. The Morgan fingerprint density at radius 3 is 2.91 bits per heavy atom. The van der Waals surface area contributed by atoms with Crippen molar-refractivity contribution in [3.8, 4) is 0 Å². The van der Waals surface area contributed by atoms with Gasteiger partial charge >= 0.3 is 0 Å². The van der Waals surface area contributed by atoms with E-state index in [-0.39, 0.29) is 0 Å². The second kappa shape index (κ2) is 7.40. The Morgan fingerprint density at radius 2 is 2.14 bits per heavy atom. The van der Waals surface area contributed by atoms with Gasteiger partial charge in [0, 0.05) is 31.6 Å². The number of piperidine rings is 1. The summed E-state index contributed by atoms with van der Waals surface area (Å²) in [4.78, 5) is 2.34. The van der Waals surface area contributed by atoms with Gasteiger partial charge in [-0.05, 0) is 36.5 Å². The Balaban J connectivity index is 1.64. The number of hydrogen-bond donors (Lipinski definition) is 0. The van der Waals surface area contributed by atoms with Gasteiger partial charge in [-0.25, -0.2) is 0 Å². The van der Waals surface area contributed by atoms with E-state index in [9.17, 15) is 0 Å². The highest BCUT2D eigenvalue weighted by molar-refractivity contribution is 7.15. The summed E-state index contributed by atoms with van der Waals surface area (Å²) in [5, 5.41) is 11.6. The van der Waals surface area contributed by atoms with Crippen LogP contribution in [0.4, 0.5) is 5.13 Å². The zero-order valence-corrected chi connectivity index (χ0v) is 14.2. The van der Waals surface area contributed by atoms with Gasteiger partial charge in [-0.2, -0.15) is 0 Å². The molecule has 1 aliphatic heterocycles. The Hall–Kier alpha value is -1.17. The molecular weight excluding hydrogens is 318 g/mol. The van der Waals surface area contributed by atoms with Crippen LogP contribution in [0.25, 0.3) is 0 Å². The van der Waals surface area contributed by atoms with Gasteiger partial charge in [-0.3, -0.25) is 0 Å². The Labute approximate surface area is 140 Å². The van der Waals surface area contributed by atoms with Gasteiger partial charge in [0.25, 0.3) is 0 Å². The summed E-state index contributed by atoms with van der Waals surface area (Å²) in [5.74, 6) is 0.599. The lowest BCUT2D eigenvalue weighted by atomic mass is 9.99. The van der Waals surface area contributed by atoms with E-state index in [2.05, 4.69) is 15.1 Å². The zero-order chi connectivity index (χ0) is 15.4. The first-order valence-corrected chi connectivity index (χ1v) is 8.75. The van der Waals surface area contributed by atoms with E-state index >= 15 is 0 Å². The summed E-state index contributed by atoms with van der Waals surface area (Å²) < 4.78 is 5.29. The summed E-state index contributed by atoms with van der Waals surface area (Å²) in [6.45, 7) is 2.91. The maximum absolute atomic E-state index is 5.92. The minimum atomic E-state index is 0.599. The molecule has 0 aliphatic carbocycles. The molecule has 118 valence electrons. The zero-order valence-electron chi connectivity index (χ0n) is 12.7. The molecule has 1 saturated heterocycles. The summed E-state index contributed by atoms with van der Waals surface area (Å²) in [5.41, 5.74) is 1.21. The van der Waals surface area contributed by atoms with Gasteiger partial charge in [-0.15, -0.1) is 10.2 Å². The van der Waals surface area contributed by atoms with Gasteiger partial charge in [0.1, 0.15) is 5.01 Å². The van der Waals surface area contributed by atoms with Crippen LogP contribution in [0.15, 0.2) is 24.3 Å². The third-order valence-corrected chi connectivity index (χ3v) is 5.15. The van der Waals surface area contributed by atoms with Crippen LogP contribution >= 0.6 is 22.9 Å². The van der Waals surface area contributed by atoms with Crippen LogP contribution in [0.2, 0.25) is 5.02 Å². The first kappa shape index (κ1) is 15.7. The van der Waals surface area contributed by atoms with Crippen LogP contribution in [-0.4, -0.2) is 37.0 Å². The number of ether oxygens (including phenoxy) is 1. The third kappa shape index (κ3) is 3.97. The molecule has 1 fully saturated rings. The number of nitrogens with zero attached hydrogens (tertiary/aromatic N) is 3. The molecule has 0 radical (unpaired) electrons. The fraction of sp³-hybridized carbons (Fsp3) is 0.500. The Bertz CT molecular complexity index is 600. The van der Waals surface area contributed by atoms with E-state index in [4.69, 9.17) is 16.3 Å². The van der Waals surface area contributed by atoms with E-state index in [1.54, 1.807) is 18.4 Å². The molecule has 1 aromatic carbocycles. The highest BCUT2D eigenvalue weighted by Crippen LogP contribution is 2.27. The van der Waals surface area contributed by atoms with Gasteiger partial charge in [0.05, 0.1) is 6.61 Å². The van der Waals surface area contributed by atoms with Crippen molar-refractivity contribution in [2.75, 3.05) is 31.7 Å². The summed E-state index contributed by atoms with van der Waals surface area (Å²) in [6.07, 6.45) is 3.24. The predicted molar refractivity (Wildman–Crippen MR) is 91.0 cm³/mol. The molecule has 0 saturated carbocycles. The number of methoxy groups -OCH3 is 1. The van der Waals surface area contributed by atoms with Crippen LogP contribution in [-0.2, 0) is 11.2 Å². The molecule has 2 aromatic rings. The average Bonchev–Trinajstić information content (AvgIpc) is 2.99. The minimum absolute atomic E-state index is 0.599. The van der Waals surface area contributed by atoms with Crippen LogP contribution in [0, 0.1) is 5.92 Å². The lowest BCUT2D eigenvalue weighted by molar-refractivity contribution is 0.143. The molecule has 1 atom stereocenters. The van der Waals surface area contributed by atoms with Crippen molar-refractivity contribution in [3.63, 3.8) is 0 Å². The van der Waals surface area contributed by atoms with Crippen LogP contribution in [0.3, 0.4) is 0 Å². The maximum atomic E-state index is 5.92. The molecule has 4 nitrogen and oxygen atoms in total. The smallest absolute Gasteiger partial charge is 0.208 e. The molecule has 0 amide bonds. The fourth-order valence-electron chi connectivity index (χ4n) is 2.83. The summed E-state index contributed by atoms with van der Waals surface area (Å²) in [6, 6.07) is 7.91. The average molecular weight is 338 g/mol. The topological polar surface area (TPSA) is 38.2 Å². The van der Waals surface area contributed by atoms with Crippen LogP contribution in [0.1, 0.15) is 23.4 Å². The molecular formula is C16H20ClN3OS. The molecule has 0 spiro atoms. The Morgan fingerprint density at radius 1 is 1.32 bits per heavy atom. The highest BCUT2D eigenvalue weighted by atomic mass is 35.5. The van der Waals surface area contributed by atoms with Crippen molar-refractivity contribution in [3.05, 3.63) is 39.9 Å². The van der Waals surface area contributed by atoms with Crippen molar-refractivity contribution in [1.29, 1.82) is 0 Å². The van der Waals surface area contributed by atoms with E-state index in [1.807, 2.05) is 24.3 Å². The van der Waals surface area contributed by atoms with E-state index in [0.717, 1.165) is 41.3 Å². The first-order valence-electron chi connectivity index (χ1n) is 7.55. The normalized spacial score (nSPS) is 18.6. The molecule has 1 aromatic heterocycles. The number of rotatable bonds is 5. The van der Waals surface area contributed by atoms with E-state index in [1.165, 1.54) is 18.4 Å². The largest absolute Gasteiger partial charge is 0.384 e. The molecule has 0 bridgehead atoms. The van der Waals surface area contributed by atoms with Crippen molar-refractivity contribution >= 4 is 28.1 Å². The molecule has 3 rings (SSSR count). The van der Waals surface area contributed by atoms with Crippen molar-refractivity contribution < 1.29 is 4.74 Å². The van der Waals surface area contributed by atoms with Crippen molar-refractivity contribution in [2.24, 2.45) is 5.92 Å². The minimum Gasteiger partial charge on any atom is -0.384 e. The van der Waals surface area contributed by atoms with Gasteiger partial charge < -0.3 is 9.64 Å². The van der Waals surface area contributed by atoms with Crippen LogP contribution in [0.5, 0.6) is 0 Å². The van der Waals surface area contributed by atoms with Gasteiger partial charge in [-0.1, -0.05) is 35.1 Å². The molecule has 1 unspecified atom stereocenters. The van der Waals surface area contributed by atoms with Crippen LogP contribution < -0.4 is 4.90 Å². The van der Waals surface area contributed by atoms with E-state index in [0.29, 0.717) is 5.92 Å². The lowest BCUT2D eigenvalue weighted by Crippen LogP contribution is -2.37. The molecule has 2 heterocycles. The molecule has 0 N–H and O–H groups in total. The number of anilines is 1. The van der Waals surface area contributed by atoms with Crippen molar-refractivity contribution in [2.45, 2.75) is 19.3 Å². The predicted octanol–water partition coefficient (Wildman–Crippen LogP) is 3.65. The van der Waals surface area contributed by atoms with Gasteiger partial charge in [0.15, 0.2) is 0 Å². The van der Waals surface area contributed by atoms with Gasteiger partial charge in [0.2, 0.25) is 5.13 Å². The standard InChI is InChI=1S/C16H20ClN3OS/c1-21-11-13-3-2-8-20(10-13)16-19-18-15(22-16)9-12-4-6-14(17)7-5-12/h4-7,13H,2-3,8-11H2,1H3. The third-order valence-electron chi connectivity index (χ3n) is 3.92. The van der Waals surface area contributed by atoms with Crippen molar-refractivity contribution in [1.82, 2.24) is 10.2 Å². The number of hydrogen-bond acceptors (Lipinski definition) is 5. The summed E-state index contributed by atoms with van der Waals surface area (Å²) >= 11 is 7.61. The Kier molecular flexibility index (Phi) is 5.28. The maximum Gasteiger partial charge on any atom is 0.208 e. The molecule has 6 heteroatoms. The number of halogens is 1.